The maximum Gasteiger partial charge on any atom is 0.490 e. The number of hydrogen-bond donors (Lipinski definition) is 3. The van der Waals surface area contributed by atoms with E-state index in [-0.39, 0.29) is 23.7 Å². The van der Waals surface area contributed by atoms with E-state index in [4.69, 9.17) is 9.90 Å². The molecule has 0 aromatic heterocycles. The molecule has 1 aromatic rings. The molecule has 0 spiro atoms. The number of carbonyl (C=O) groups excluding carboxylic acids is 1. The zero-order valence-corrected chi connectivity index (χ0v) is 16.8. The fourth-order valence-corrected chi connectivity index (χ4v) is 2.75. The highest BCUT2D eigenvalue weighted by atomic mass is 19.4. The normalized spacial score (nSPS) is 17.7. The lowest BCUT2D eigenvalue weighted by atomic mass is 9.98. The third kappa shape index (κ3) is 5.94. The molecule has 0 saturated carbocycles. The van der Waals surface area contributed by atoms with Gasteiger partial charge in [-0.25, -0.2) is 4.79 Å². The molecule has 1 aromatic carbocycles. The maximum absolute atomic E-state index is 13.2. The van der Waals surface area contributed by atoms with E-state index in [0.29, 0.717) is 13.1 Å². The third-order valence-electron chi connectivity index (χ3n) is 4.47. The number of aliphatic hydroxyl groups is 1. The van der Waals surface area contributed by atoms with E-state index in [9.17, 15) is 36.2 Å². The van der Waals surface area contributed by atoms with Crippen molar-refractivity contribution >= 4 is 11.9 Å². The summed E-state index contributed by atoms with van der Waals surface area (Å²) >= 11 is 0. The second-order valence-electron chi connectivity index (χ2n) is 7.81. The Kier molecular flexibility index (Phi) is 6.90. The first-order valence-corrected chi connectivity index (χ1v) is 9.13. The van der Waals surface area contributed by atoms with Crippen LogP contribution in [-0.4, -0.2) is 70.6 Å². The van der Waals surface area contributed by atoms with Crippen LogP contribution >= 0.6 is 0 Å². The van der Waals surface area contributed by atoms with Crippen molar-refractivity contribution in [2.24, 2.45) is 10.2 Å². The molecule has 0 radical (unpaired) electrons. The number of carboxylic acids is 1. The lowest BCUT2D eigenvalue weighted by molar-refractivity contribution is -0.192. The van der Waals surface area contributed by atoms with Crippen LogP contribution in [0.1, 0.15) is 29.8 Å². The number of rotatable bonds is 5. The van der Waals surface area contributed by atoms with Crippen LogP contribution < -0.4 is 5.32 Å². The SMILES string of the molecule is CC(C)(O)CN(C(=O)c1cccc(C2(C(F)(F)F)N=N2)c1)C1CNC1.O=C(O)C(F)(F)F. The van der Waals surface area contributed by atoms with Gasteiger partial charge in [-0.2, -0.15) is 26.3 Å². The van der Waals surface area contributed by atoms with E-state index in [1.165, 1.54) is 29.2 Å². The summed E-state index contributed by atoms with van der Waals surface area (Å²) in [6.45, 7) is 4.41. The molecule has 2 aliphatic rings. The van der Waals surface area contributed by atoms with Crippen LogP contribution in [0.15, 0.2) is 34.5 Å². The van der Waals surface area contributed by atoms with Crippen molar-refractivity contribution in [3.05, 3.63) is 35.4 Å². The van der Waals surface area contributed by atoms with Gasteiger partial charge in [-0.1, -0.05) is 12.1 Å². The summed E-state index contributed by atoms with van der Waals surface area (Å²) in [6.07, 6.45) is -9.72. The van der Waals surface area contributed by atoms with E-state index < -0.39 is 35.5 Å². The average molecular weight is 470 g/mol. The number of carbonyl (C=O) groups is 2. The van der Waals surface area contributed by atoms with Crippen LogP contribution in [0, 0.1) is 0 Å². The van der Waals surface area contributed by atoms with E-state index in [0.717, 1.165) is 0 Å². The summed E-state index contributed by atoms with van der Waals surface area (Å²) in [6, 6.07) is 5.19. The van der Waals surface area contributed by atoms with Gasteiger partial charge in [0, 0.05) is 30.8 Å². The Labute approximate surface area is 177 Å². The van der Waals surface area contributed by atoms with Gasteiger partial charge in [-0.15, -0.1) is 10.2 Å². The zero-order chi connectivity index (χ0) is 24.5. The molecule has 1 amide bonds. The van der Waals surface area contributed by atoms with Gasteiger partial charge in [0.1, 0.15) is 0 Å². The minimum atomic E-state index is -5.08. The van der Waals surface area contributed by atoms with Crippen LogP contribution in [0.3, 0.4) is 0 Å². The largest absolute Gasteiger partial charge is 0.490 e. The van der Waals surface area contributed by atoms with Crippen molar-refractivity contribution in [2.75, 3.05) is 19.6 Å². The number of halogens is 6. The second kappa shape index (κ2) is 8.65. The van der Waals surface area contributed by atoms with Crippen molar-refractivity contribution in [1.82, 2.24) is 10.2 Å². The molecule has 0 aliphatic carbocycles. The summed E-state index contributed by atoms with van der Waals surface area (Å²) in [7, 11) is 0. The Hall–Kier alpha value is -2.74. The molecule has 0 bridgehead atoms. The van der Waals surface area contributed by atoms with Gasteiger partial charge in [0.05, 0.1) is 11.6 Å². The highest BCUT2D eigenvalue weighted by Gasteiger charge is 2.65. The molecule has 14 heteroatoms. The Morgan fingerprint density at radius 3 is 2.03 bits per heavy atom. The molecule has 8 nitrogen and oxygen atoms in total. The Morgan fingerprint density at radius 1 is 1.16 bits per heavy atom. The van der Waals surface area contributed by atoms with Gasteiger partial charge in [-0.3, -0.25) is 4.79 Å². The first kappa shape index (κ1) is 25.5. The number of amides is 1. The van der Waals surface area contributed by atoms with Crippen LogP contribution in [-0.2, 0) is 10.5 Å². The van der Waals surface area contributed by atoms with Crippen molar-refractivity contribution in [3.8, 4) is 0 Å². The van der Waals surface area contributed by atoms with Gasteiger partial charge in [0.25, 0.3) is 5.91 Å². The summed E-state index contributed by atoms with van der Waals surface area (Å²) in [4.78, 5) is 23.2. The van der Waals surface area contributed by atoms with Crippen LogP contribution in [0.2, 0.25) is 0 Å². The molecule has 3 rings (SSSR count). The highest BCUT2D eigenvalue weighted by Crippen LogP contribution is 2.52. The standard InChI is InChI=1S/C16H19F3N4O2.C2HF3O2/c1-14(2,25)9-23(12-7-20-8-12)13(24)10-4-3-5-11(6-10)15(21-22-15)16(17,18)19;3-2(4,5)1(6)7/h3-6,12,20,25H,7-9H2,1-2H3;(H,6,7). The van der Waals surface area contributed by atoms with Gasteiger partial charge in [0.15, 0.2) is 0 Å². The predicted molar refractivity (Wildman–Crippen MR) is 96.7 cm³/mol. The average Bonchev–Trinajstić information content (AvgIpc) is 3.39. The fourth-order valence-electron chi connectivity index (χ4n) is 2.75. The molecule has 0 atom stereocenters. The Balaban J connectivity index is 0.000000451. The van der Waals surface area contributed by atoms with Crippen LogP contribution in [0.5, 0.6) is 0 Å². The molecule has 1 saturated heterocycles. The third-order valence-corrected chi connectivity index (χ3v) is 4.47. The smallest absolute Gasteiger partial charge is 0.475 e. The van der Waals surface area contributed by atoms with Crippen molar-refractivity contribution in [3.63, 3.8) is 0 Å². The van der Waals surface area contributed by atoms with Crippen molar-refractivity contribution < 1.29 is 46.1 Å². The second-order valence-corrected chi connectivity index (χ2v) is 7.81. The molecular formula is C18H20F6N4O4. The summed E-state index contributed by atoms with van der Waals surface area (Å²) in [5.41, 5.74) is -3.73. The lowest BCUT2D eigenvalue weighted by Gasteiger charge is -2.41. The van der Waals surface area contributed by atoms with Gasteiger partial charge < -0.3 is 20.4 Å². The molecule has 3 N–H and O–H groups in total. The van der Waals surface area contributed by atoms with E-state index in [1.54, 1.807) is 13.8 Å². The Bertz CT molecular complexity index is 885. The molecule has 2 heterocycles. The molecule has 2 aliphatic heterocycles. The quantitative estimate of drug-likeness (QED) is 0.573. The minimum absolute atomic E-state index is 0.0849. The molecule has 0 unspecified atom stereocenters. The lowest BCUT2D eigenvalue weighted by Crippen LogP contribution is -2.61. The number of aliphatic carboxylic acids is 1. The van der Waals surface area contributed by atoms with Gasteiger partial charge in [0.2, 0.25) is 0 Å². The predicted octanol–water partition coefficient (Wildman–Crippen LogP) is 2.69. The Morgan fingerprint density at radius 2 is 1.69 bits per heavy atom. The monoisotopic (exact) mass is 470 g/mol. The van der Waals surface area contributed by atoms with Gasteiger partial charge >= 0.3 is 24.0 Å². The molecule has 178 valence electrons. The summed E-state index contributed by atoms with van der Waals surface area (Å²) in [5.74, 6) is -3.18. The minimum Gasteiger partial charge on any atom is -0.475 e. The number of benzene rings is 1. The van der Waals surface area contributed by atoms with Crippen molar-refractivity contribution in [2.45, 2.75) is 43.5 Å². The van der Waals surface area contributed by atoms with Crippen molar-refractivity contribution in [1.29, 1.82) is 0 Å². The number of hydrogen-bond acceptors (Lipinski definition) is 6. The van der Waals surface area contributed by atoms with Crippen LogP contribution in [0.25, 0.3) is 0 Å². The summed E-state index contributed by atoms with van der Waals surface area (Å²) in [5, 5.41) is 26.6. The van der Waals surface area contributed by atoms with Gasteiger partial charge in [-0.05, 0) is 26.0 Å². The number of nitrogens with zero attached hydrogens (tertiary/aromatic N) is 3. The highest BCUT2D eigenvalue weighted by molar-refractivity contribution is 5.95. The number of carboxylic acid groups (broad SMARTS) is 1. The van der Waals surface area contributed by atoms with E-state index in [1.807, 2.05) is 0 Å². The first-order chi connectivity index (χ1) is 14.5. The first-order valence-electron chi connectivity index (χ1n) is 9.13. The molecular weight excluding hydrogens is 450 g/mol. The zero-order valence-electron chi connectivity index (χ0n) is 16.8. The van der Waals surface area contributed by atoms with E-state index in [2.05, 4.69) is 15.5 Å². The van der Waals surface area contributed by atoms with E-state index >= 15 is 0 Å². The summed E-state index contributed by atoms with van der Waals surface area (Å²) < 4.78 is 71.2. The number of alkyl halides is 6. The molecule has 1 fully saturated rings. The number of nitrogens with one attached hydrogen (secondary N) is 1. The topological polar surface area (TPSA) is 115 Å². The molecule has 32 heavy (non-hydrogen) atoms. The van der Waals surface area contributed by atoms with Crippen LogP contribution in [0.4, 0.5) is 26.3 Å². The fraction of sp³-hybridized carbons (Fsp3) is 0.556. The maximum atomic E-state index is 13.2.